The molecule has 0 aliphatic heterocycles. The molecule has 4 aromatic rings. The summed E-state index contributed by atoms with van der Waals surface area (Å²) in [5.41, 5.74) is 2.95. The van der Waals surface area contributed by atoms with Gasteiger partial charge in [-0.3, -0.25) is 0 Å². The normalized spacial score (nSPS) is 12.3. The highest BCUT2D eigenvalue weighted by Gasteiger charge is 2.18. The number of aryl methyl sites for hydroxylation is 2. The number of aromatic nitrogens is 2. The summed E-state index contributed by atoms with van der Waals surface area (Å²) in [5.74, 6) is 1.46. The van der Waals surface area contributed by atoms with Crippen LogP contribution >= 0.6 is 0 Å². The summed E-state index contributed by atoms with van der Waals surface area (Å²) in [5, 5.41) is 4.93. The Kier molecular flexibility index (Phi) is 4.24. The van der Waals surface area contributed by atoms with Crippen molar-refractivity contribution in [2.75, 3.05) is 0 Å². The highest BCUT2D eigenvalue weighted by Crippen LogP contribution is 2.27. The van der Waals surface area contributed by atoms with Crippen LogP contribution in [0.15, 0.2) is 62.3 Å². The van der Waals surface area contributed by atoms with Gasteiger partial charge < -0.3 is 13.7 Å². The molecule has 1 unspecified atom stereocenters. The molecule has 0 aliphatic carbocycles. The maximum Gasteiger partial charge on any atom is 0.336 e. The summed E-state index contributed by atoms with van der Waals surface area (Å²) >= 11 is 0. The van der Waals surface area contributed by atoms with E-state index in [1.165, 1.54) is 6.07 Å². The van der Waals surface area contributed by atoms with Crippen LogP contribution in [0.25, 0.3) is 22.4 Å². The molecule has 6 heteroatoms. The fraction of sp³-hybridized carbons (Fsp3) is 0.190. The number of hydrogen-bond donors (Lipinski definition) is 0. The van der Waals surface area contributed by atoms with Gasteiger partial charge in [0.05, 0.1) is 0 Å². The molecule has 136 valence electrons. The second kappa shape index (κ2) is 6.72. The molecule has 6 nitrogen and oxygen atoms in total. The predicted octanol–water partition coefficient (Wildman–Crippen LogP) is 4.60. The van der Waals surface area contributed by atoms with E-state index in [4.69, 9.17) is 13.7 Å². The number of benzene rings is 2. The van der Waals surface area contributed by atoms with Gasteiger partial charge in [-0.25, -0.2) is 4.79 Å². The number of fused-ring (bicyclic) bond motifs is 1. The first-order valence-corrected chi connectivity index (χ1v) is 8.62. The van der Waals surface area contributed by atoms with Crippen LogP contribution in [-0.4, -0.2) is 10.1 Å². The van der Waals surface area contributed by atoms with Crippen molar-refractivity contribution >= 4 is 11.0 Å². The molecule has 0 radical (unpaired) electrons. The quantitative estimate of drug-likeness (QED) is 0.494. The van der Waals surface area contributed by atoms with E-state index in [0.29, 0.717) is 23.0 Å². The highest BCUT2D eigenvalue weighted by atomic mass is 16.5. The monoisotopic (exact) mass is 362 g/mol. The van der Waals surface area contributed by atoms with Crippen LogP contribution in [0.1, 0.15) is 30.0 Å². The van der Waals surface area contributed by atoms with E-state index in [1.54, 1.807) is 6.07 Å². The topological polar surface area (TPSA) is 78.4 Å². The van der Waals surface area contributed by atoms with Gasteiger partial charge in [0.25, 0.3) is 5.89 Å². The zero-order chi connectivity index (χ0) is 19.0. The van der Waals surface area contributed by atoms with Gasteiger partial charge in [-0.1, -0.05) is 29.4 Å². The second-order valence-electron chi connectivity index (χ2n) is 6.44. The summed E-state index contributed by atoms with van der Waals surface area (Å²) in [6.45, 7) is 5.69. The Morgan fingerprint density at radius 2 is 1.85 bits per heavy atom. The lowest BCUT2D eigenvalue weighted by molar-refractivity contribution is 0.176. The molecule has 0 N–H and O–H groups in total. The molecule has 4 rings (SSSR count). The van der Waals surface area contributed by atoms with Crippen molar-refractivity contribution in [1.82, 2.24) is 10.1 Å². The minimum absolute atomic E-state index is 0.374. The summed E-state index contributed by atoms with van der Waals surface area (Å²) in [6.07, 6.45) is -0.454. The summed E-state index contributed by atoms with van der Waals surface area (Å²) in [7, 11) is 0. The van der Waals surface area contributed by atoms with Gasteiger partial charge >= 0.3 is 5.63 Å². The first-order chi connectivity index (χ1) is 13.0. The van der Waals surface area contributed by atoms with Gasteiger partial charge in [-0.05, 0) is 44.0 Å². The van der Waals surface area contributed by atoms with Crippen molar-refractivity contribution in [1.29, 1.82) is 0 Å². The van der Waals surface area contributed by atoms with Crippen molar-refractivity contribution < 1.29 is 13.7 Å². The van der Waals surface area contributed by atoms with Crippen molar-refractivity contribution in [2.24, 2.45) is 0 Å². The van der Waals surface area contributed by atoms with Crippen LogP contribution in [0.2, 0.25) is 0 Å². The average molecular weight is 362 g/mol. The molecule has 27 heavy (non-hydrogen) atoms. The molecule has 2 aromatic carbocycles. The van der Waals surface area contributed by atoms with Crippen LogP contribution in [0, 0.1) is 13.8 Å². The Labute approximate surface area is 155 Å². The van der Waals surface area contributed by atoms with Gasteiger partial charge in [0, 0.05) is 23.1 Å². The predicted molar refractivity (Wildman–Crippen MR) is 101 cm³/mol. The molecule has 0 spiro atoms. The lowest BCUT2D eigenvalue weighted by atomic mass is 10.1. The Morgan fingerprint density at radius 3 is 2.67 bits per heavy atom. The number of nitrogens with zero attached hydrogens (tertiary/aromatic N) is 2. The molecule has 0 fully saturated rings. The molecule has 0 aliphatic rings. The smallest absolute Gasteiger partial charge is 0.336 e. The van der Waals surface area contributed by atoms with E-state index >= 15 is 0 Å². The van der Waals surface area contributed by atoms with E-state index in [2.05, 4.69) is 10.1 Å². The van der Waals surface area contributed by atoms with Crippen LogP contribution in [0.3, 0.4) is 0 Å². The third-order valence-electron chi connectivity index (χ3n) is 4.41. The molecular weight excluding hydrogens is 344 g/mol. The summed E-state index contributed by atoms with van der Waals surface area (Å²) in [4.78, 5) is 16.0. The van der Waals surface area contributed by atoms with Gasteiger partial charge in [0.2, 0.25) is 5.82 Å². The molecule has 0 saturated carbocycles. The molecule has 0 amide bonds. The average Bonchev–Trinajstić information content (AvgIpc) is 3.11. The number of ether oxygens (including phenoxy) is 1. The zero-order valence-corrected chi connectivity index (χ0v) is 15.2. The van der Waals surface area contributed by atoms with E-state index in [0.717, 1.165) is 22.1 Å². The van der Waals surface area contributed by atoms with E-state index in [9.17, 15) is 4.79 Å². The SMILES string of the molecule is Cc1ccccc1-c1noc(C(C)Oc2ccc3c(C)cc(=O)oc3c2)n1. The number of hydrogen-bond acceptors (Lipinski definition) is 6. The van der Waals surface area contributed by atoms with E-state index < -0.39 is 6.10 Å². The van der Waals surface area contributed by atoms with Crippen LogP contribution in [-0.2, 0) is 0 Å². The van der Waals surface area contributed by atoms with Crippen LogP contribution in [0.4, 0.5) is 0 Å². The standard InChI is InChI=1S/C21H18N2O4/c1-12-6-4-5-7-17(12)20-22-21(27-23-20)14(3)25-15-8-9-16-13(2)10-19(24)26-18(16)11-15/h4-11,14H,1-3H3. The first-order valence-electron chi connectivity index (χ1n) is 8.62. The highest BCUT2D eigenvalue weighted by molar-refractivity contribution is 5.81. The van der Waals surface area contributed by atoms with Gasteiger partial charge in [-0.15, -0.1) is 0 Å². The Bertz CT molecular complexity index is 1180. The Morgan fingerprint density at radius 1 is 1.04 bits per heavy atom. The van der Waals surface area contributed by atoms with E-state index in [1.807, 2.05) is 57.2 Å². The number of rotatable bonds is 4. The minimum Gasteiger partial charge on any atom is -0.481 e. The fourth-order valence-corrected chi connectivity index (χ4v) is 2.97. The lowest BCUT2D eigenvalue weighted by Gasteiger charge is -2.11. The summed E-state index contributed by atoms with van der Waals surface area (Å²) in [6, 6.07) is 14.7. The third kappa shape index (κ3) is 3.33. The zero-order valence-electron chi connectivity index (χ0n) is 15.2. The maximum atomic E-state index is 11.6. The van der Waals surface area contributed by atoms with Crippen molar-refractivity contribution in [3.05, 3.63) is 76.0 Å². The van der Waals surface area contributed by atoms with Crippen LogP contribution < -0.4 is 10.4 Å². The minimum atomic E-state index is -0.454. The molecule has 0 saturated heterocycles. The van der Waals surface area contributed by atoms with E-state index in [-0.39, 0.29) is 5.63 Å². The first kappa shape index (κ1) is 17.0. The van der Waals surface area contributed by atoms with Crippen molar-refractivity contribution in [2.45, 2.75) is 26.9 Å². The molecule has 0 bridgehead atoms. The third-order valence-corrected chi connectivity index (χ3v) is 4.41. The molecular formula is C21H18N2O4. The molecule has 2 aromatic heterocycles. The molecule has 2 heterocycles. The van der Waals surface area contributed by atoms with Gasteiger partial charge in [-0.2, -0.15) is 4.98 Å². The fourth-order valence-electron chi connectivity index (χ4n) is 2.97. The summed E-state index contributed by atoms with van der Waals surface area (Å²) < 4.78 is 16.5. The van der Waals surface area contributed by atoms with Crippen molar-refractivity contribution in [3.63, 3.8) is 0 Å². The Hall–Kier alpha value is -3.41. The maximum absolute atomic E-state index is 11.6. The second-order valence-corrected chi connectivity index (χ2v) is 6.44. The Balaban J connectivity index is 1.59. The lowest BCUT2D eigenvalue weighted by Crippen LogP contribution is -2.04. The van der Waals surface area contributed by atoms with Crippen molar-refractivity contribution in [3.8, 4) is 17.1 Å². The molecule has 1 atom stereocenters. The van der Waals surface area contributed by atoms with Gasteiger partial charge in [0.1, 0.15) is 11.3 Å². The van der Waals surface area contributed by atoms with Gasteiger partial charge in [0.15, 0.2) is 6.10 Å². The largest absolute Gasteiger partial charge is 0.481 e. The van der Waals surface area contributed by atoms with Crippen LogP contribution in [0.5, 0.6) is 5.75 Å².